The topological polar surface area (TPSA) is 90.7 Å². The minimum absolute atomic E-state index is 0.0102. The summed E-state index contributed by atoms with van der Waals surface area (Å²) in [5, 5.41) is 13.4. The maximum absolute atomic E-state index is 12.1. The second-order valence-electron chi connectivity index (χ2n) is 4.71. The van der Waals surface area contributed by atoms with Crippen LogP contribution in [0.15, 0.2) is 54.7 Å². The molecular weight excluding hydrogens is 300 g/mol. The van der Waals surface area contributed by atoms with E-state index in [2.05, 4.69) is 5.32 Å². The summed E-state index contributed by atoms with van der Waals surface area (Å²) in [6, 6.07) is 10.9. The first-order valence-electron chi connectivity index (χ1n) is 6.75. The van der Waals surface area contributed by atoms with Crippen LogP contribution >= 0.6 is 0 Å². The molecule has 1 aliphatic heterocycles. The fraction of sp³-hybridized carbons (Fsp3) is 0.0625. The monoisotopic (exact) mass is 312 g/mol. The summed E-state index contributed by atoms with van der Waals surface area (Å²) in [5.74, 6) is 0.972. The van der Waals surface area contributed by atoms with Gasteiger partial charge in [0.15, 0.2) is 17.3 Å². The number of rotatable bonds is 5. The molecule has 2 aromatic rings. The number of fused-ring (bicyclic) bond motifs is 1. The third-order valence-electron chi connectivity index (χ3n) is 3.22. The van der Waals surface area contributed by atoms with Crippen molar-refractivity contribution < 1.29 is 19.2 Å². The number of nitrogens with one attached hydrogen (secondary N) is 1. The van der Waals surface area contributed by atoms with Crippen LogP contribution in [0.4, 0.5) is 11.4 Å². The lowest BCUT2D eigenvalue weighted by Crippen LogP contribution is -1.96. The van der Waals surface area contributed by atoms with Gasteiger partial charge in [-0.25, -0.2) is 0 Å². The molecule has 0 radical (unpaired) electrons. The van der Waals surface area contributed by atoms with Gasteiger partial charge in [-0.1, -0.05) is 0 Å². The van der Waals surface area contributed by atoms with E-state index in [4.69, 9.17) is 9.47 Å². The third-order valence-corrected chi connectivity index (χ3v) is 3.22. The number of nitro groups is 1. The first kappa shape index (κ1) is 14.6. The van der Waals surface area contributed by atoms with Gasteiger partial charge >= 0.3 is 0 Å². The number of anilines is 1. The number of allylic oxidation sites excluding steroid dienone is 1. The molecule has 23 heavy (non-hydrogen) atoms. The molecule has 0 bridgehead atoms. The molecule has 0 fully saturated rings. The number of benzene rings is 2. The maximum atomic E-state index is 12.1. The molecule has 2 aromatic carbocycles. The van der Waals surface area contributed by atoms with Gasteiger partial charge in [-0.15, -0.1) is 0 Å². The van der Waals surface area contributed by atoms with Crippen LogP contribution in [0.3, 0.4) is 0 Å². The number of carbonyl (C=O) groups excluding carboxylic acids is 1. The van der Waals surface area contributed by atoms with Crippen LogP contribution in [-0.2, 0) is 0 Å². The van der Waals surface area contributed by atoms with Crippen molar-refractivity contribution >= 4 is 17.2 Å². The number of nitrogens with zero attached hydrogens (tertiary/aromatic N) is 1. The zero-order chi connectivity index (χ0) is 16.2. The lowest BCUT2D eigenvalue weighted by Gasteiger charge is -2.01. The summed E-state index contributed by atoms with van der Waals surface area (Å²) in [6.45, 7) is 0.157. The molecule has 7 heteroatoms. The molecule has 0 aliphatic carbocycles. The highest BCUT2D eigenvalue weighted by atomic mass is 16.7. The summed E-state index contributed by atoms with van der Waals surface area (Å²) < 4.78 is 10.4. The third kappa shape index (κ3) is 3.29. The Balaban J connectivity index is 1.63. The van der Waals surface area contributed by atoms with Gasteiger partial charge in [-0.2, -0.15) is 0 Å². The molecule has 0 saturated heterocycles. The summed E-state index contributed by atoms with van der Waals surface area (Å²) in [7, 11) is 0. The lowest BCUT2D eigenvalue weighted by atomic mass is 10.1. The Morgan fingerprint density at radius 1 is 1.13 bits per heavy atom. The van der Waals surface area contributed by atoms with Crippen molar-refractivity contribution in [3.8, 4) is 11.5 Å². The van der Waals surface area contributed by atoms with Crippen LogP contribution in [0.25, 0.3) is 0 Å². The molecular formula is C16H12N2O5. The van der Waals surface area contributed by atoms with E-state index >= 15 is 0 Å². The maximum Gasteiger partial charge on any atom is 0.269 e. The van der Waals surface area contributed by atoms with Crippen molar-refractivity contribution in [1.29, 1.82) is 0 Å². The highest BCUT2D eigenvalue weighted by Gasteiger charge is 2.15. The second kappa shape index (κ2) is 6.18. The summed E-state index contributed by atoms with van der Waals surface area (Å²) in [5.41, 5.74) is 1.14. The SMILES string of the molecule is O=C(C=CNc1ccc([N+](=O)[O-])cc1)c1ccc2c(c1)OCO2. The van der Waals surface area contributed by atoms with Crippen molar-refractivity contribution in [1.82, 2.24) is 0 Å². The zero-order valence-corrected chi connectivity index (χ0v) is 11.9. The predicted octanol–water partition coefficient (Wildman–Crippen LogP) is 3.13. The Hall–Kier alpha value is -3.35. The van der Waals surface area contributed by atoms with Gasteiger partial charge in [0, 0.05) is 35.7 Å². The quantitative estimate of drug-likeness (QED) is 0.395. The van der Waals surface area contributed by atoms with Crippen LogP contribution in [-0.4, -0.2) is 17.5 Å². The van der Waals surface area contributed by atoms with Gasteiger partial charge in [0.25, 0.3) is 5.69 Å². The Bertz CT molecular complexity index is 784. The van der Waals surface area contributed by atoms with E-state index in [0.717, 1.165) is 0 Å². The number of nitro benzene ring substituents is 1. The van der Waals surface area contributed by atoms with Crippen molar-refractivity contribution in [2.45, 2.75) is 0 Å². The normalized spacial score (nSPS) is 12.3. The molecule has 0 spiro atoms. The molecule has 1 aliphatic rings. The number of carbonyl (C=O) groups is 1. The highest BCUT2D eigenvalue weighted by Crippen LogP contribution is 2.32. The molecule has 0 atom stereocenters. The van der Waals surface area contributed by atoms with Crippen LogP contribution in [0.1, 0.15) is 10.4 Å². The number of ketones is 1. The van der Waals surface area contributed by atoms with Gasteiger partial charge in [0.2, 0.25) is 6.79 Å². The average molecular weight is 312 g/mol. The van der Waals surface area contributed by atoms with Crippen molar-refractivity contribution in [2.75, 3.05) is 12.1 Å². The summed E-state index contributed by atoms with van der Waals surface area (Å²) in [4.78, 5) is 22.2. The van der Waals surface area contributed by atoms with E-state index in [9.17, 15) is 14.9 Å². The first-order chi connectivity index (χ1) is 11.1. The van der Waals surface area contributed by atoms with E-state index in [0.29, 0.717) is 22.7 Å². The van der Waals surface area contributed by atoms with E-state index in [1.165, 1.54) is 24.4 Å². The molecule has 3 rings (SSSR count). The van der Waals surface area contributed by atoms with Crippen molar-refractivity contribution in [3.05, 3.63) is 70.4 Å². The minimum Gasteiger partial charge on any atom is -0.454 e. The number of hydrogen-bond donors (Lipinski definition) is 1. The highest BCUT2D eigenvalue weighted by molar-refractivity contribution is 6.05. The number of hydrogen-bond acceptors (Lipinski definition) is 6. The predicted molar refractivity (Wildman–Crippen MR) is 82.8 cm³/mol. The van der Waals surface area contributed by atoms with Gasteiger partial charge in [0.1, 0.15) is 0 Å². The molecule has 0 amide bonds. The van der Waals surface area contributed by atoms with Gasteiger partial charge < -0.3 is 14.8 Å². The van der Waals surface area contributed by atoms with Crippen LogP contribution in [0.2, 0.25) is 0 Å². The van der Waals surface area contributed by atoms with E-state index < -0.39 is 4.92 Å². The van der Waals surface area contributed by atoms with Crippen molar-refractivity contribution in [2.24, 2.45) is 0 Å². The van der Waals surface area contributed by atoms with Crippen LogP contribution in [0.5, 0.6) is 11.5 Å². The molecule has 0 unspecified atom stereocenters. The van der Waals surface area contributed by atoms with Gasteiger partial charge in [-0.3, -0.25) is 14.9 Å². The summed E-state index contributed by atoms with van der Waals surface area (Å²) >= 11 is 0. The molecule has 1 N–H and O–H groups in total. The average Bonchev–Trinajstić information content (AvgIpc) is 3.02. The first-order valence-corrected chi connectivity index (χ1v) is 6.75. The summed E-state index contributed by atoms with van der Waals surface area (Å²) in [6.07, 6.45) is 2.85. The lowest BCUT2D eigenvalue weighted by molar-refractivity contribution is -0.384. The molecule has 116 valence electrons. The van der Waals surface area contributed by atoms with Gasteiger partial charge in [-0.05, 0) is 30.3 Å². The largest absolute Gasteiger partial charge is 0.454 e. The van der Waals surface area contributed by atoms with E-state index in [1.54, 1.807) is 30.3 Å². The van der Waals surface area contributed by atoms with E-state index in [-0.39, 0.29) is 18.3 Å². The minimum atomic E-state index is -0.469. The van der Waals surface area contributed by atoms with Crippen LogP contribution in [0, 0.1) is 10.1 Å². The smallest absolute Gasteiger partial charge is 0.269 e. The second-order valence-corrected chi connectivity index (χ2v) is 4.71. The number of ether oxygens (including phenoxy) is 2. The molecule has 7 nitrogen and oxygen atoms in total. The van der Waals surface area contributed by atoms with Gasteiger partial charge in [0.05, 0.1) is 4.92 Å². The Morgan fingerprint density at radius 3 is 2.61 bits per heavy atom. The fourth-order valence-electron chi connectivity index (χ4n) is 2.04. The Labute approximate surface area is 131 Å². The number of non-ortho nitro benzene ring substituents is 1. The Kier molecular flexibility index (Phi) is 3.92. The molecule has 1 heterocycles. The van der Waals surface area contributed by atoms with Crippen LogP contribution < -0.4 is 14.8 Å². The van der Waals surface area contributed by atoms with E-state index in [1.807, 2.05) is 0 Å². The molecule has 0 saturated carbocycles. The van der Waals surface area contributed by atoms with Crippen molar-refractivity contribution in [3.63, 3.8) is 0 Å². The Morgan fingerprint density at radius 2 is 1.87 bits per heavy atom. The molecule has 0 aromatic heterocycles. The standard InChI is InChI=1S/C16H12N2O5/c19-14(11-1-6-15-16(9-11)23-10-22-15)7-8-17-12-2-4-13(5-3-12)18(20)21/h1-9,17H,10H2. The fourth-order valence-corrected chi connectivity index (χ4v) is 2.04. The zero-order valence-electron chi connectivity index (χ0n) is 11.9.